The standard InChI is InChI=1S/C7H9N3O2/c1-10(2)7(11)12-6-4-3-5-8-9-6/h3-5H,1-2H3. The molecule has 5 nitrogen and oxygen atoms in total. The Hall–Kier alpha value is -1.65. The minimum atomic E-state index is -0.463. The van der Waals surface area contributed by atoms with Crippen LogP contribution in [-0.2, 0) is 0 Å². The van der Waals surface area contributed by atoms with Crippen molar-refractivity contribution >= 4 is 6.09 Å². The minimum absolute atomic E-state index is 0.205. The van der Waals surface area contributed by atoms with E-state index in [1.807, 2.05) is 0 Å². The summed E-state index contributed by atoms with van der Waals surface area (Å²) in [6.45, 7) is 0. The van der Waals surface area contributed by atoms with Crippen molar-refractivity contribution in [2.24, 2.45) is 0 Å². The molecule has 5 heteroatoms. The molecule has 64 valence electrons. The van der Waals surface area contributed by atoms with Crippen LogP contribution in [0.5, 0.6) is 5.88 Å². The highest BCUT2D eigenvalue weighted by Gasteiger charge is 2.06. The lowest BCUT2D eigenvalue weighted by molar-refractivity contribution is 0.169. The van der Waals surface area contributed by atoms with Gasteiger partial charge in [-0.05, 0) is 6.07 Å². The Morgan fingerprint density at radius 2 is 2.33 bits per heavy atom. The van der Waals surface area contributed by atoms with Gasteiger partial charge >= 0.3 is 6.09 Å². The van der Waals surface area contributed by atoms with Crippen LogP contribution in [0, 0.1) is 0 Å². The van der Waals surface area contributed by atoms with Crippen molar-refractivity contribution in [3.8, 4) is 5.88 Å². The maximum absolute atomic E-state index is 10.9. The molecule has 1 heterocycles. The first-order valence-corrected chi connectivity index (χ1v) is 3.37. The molecule has 0 atom stereocenters. The molecule has 0 unspecified atom stereocenters. The first kappa shape index (κ1) is 8.45. The number of nitrogens with zero attached hydrogens (tertiary/aromatic N) is 3. The molecule has 0 fully saturated rings. The summed E-state index contributed by atoms with van der Waals surface area (Å²) in [4.78, 5) is 12.3. The van der Waals surface area contributed by atoms with Gasteiger partial charge in [-0.1, -0.05) is 0 Å². The molecule has 0 aliphatic heterocycles. The lowest BCUT2D eigenvalue weighted by Crippen LogP contribution is -2.25. The van der Waals surface area contributed by atoms with Crippen molar-refractivity contribution in [1.29, 1.82) is 0 Å². The van der Waals surface area contributed by atoms with Crippen LogP contribution in [0.4, 0.5) is 4.79 Å². The lowest BCUT2D eigenvalue weighted by atomic mass is 10.6. The maximum atomic E-state index is 10.9. The highest BCUT2D eigenvalue weighted by Crippen LogP contribution is 2.02. The first-order chi connectivity index (χ1) is 5.70. The number of carbonyl (C=O) groups is 1. The van der Waals surface area contributed by atoms with Crippen LogP contribution < -0.4 is 4.74 Å². The molecule has 0 N–H and O–H groups in total. The Kier molecular flexibility index (Phi) is 2.57. The second-order valence-corrected chi connectivity index (χ2v) is 2.32. The van der Waals surface area contributed by atoms with Gasteiger partial charge in [-0.3, -0.25) is 0 Å². The van der Waals surface area contributed by atoms with E-state index in [-0.39, 0.29) is 5.88 Å². The molecule has 0 radical (unpaired) electrons. The van der Waals surface area contributed by atoms with Gasteiger partial charge in [-0.15, -0.1) is 5.10 Å². The average molecular weight is 167 g/mol. The fourth-order valence-corrected chi connectivity index (χ4v) is 0.523. The average Bonchev–Trinajstić information content (AvgIpc) is 2.06. The minimum Gasteiger partial charge on any atom is -0.389 e. The van der Waals surface area contributed by atoms with E-state index in [2.05, 4.69) is 10.2 Å². The summed E-state index contributed by atoms with van der Waals surface area (Å²) in [6.07, 6.45) is 1.04. The zero-order valence-electron chi connectivity index (χ0n) is 6.89. The van der Waals surface area contributed by atoms with Gasteiger partial charge in [0.05, 0.1) is 0 Å². The van der Waals surface area contributed by atoms with Crippen molar-refractivity contribution in [3.63, 3.8) is 0 Å². The van der Waals surface area contributed by atoms with E-state index in [0.717, 1.165) is 0 Å². The van der Waals surface area contributed by atoms with E-state index in [1.54, 1.807) is 26.2 Å². The molecule has 0 spiro atoms. The molecule has 0 aliphatic rings. The molecule has 0 bridgehead atoms. The zero-order chi connectivity index (χ0) is 8.97. The van der Waals surface area contributed by atoms with E-state index in [1.165, 1.54) is 11.1 Å². The summed E-state index contributed by atoms with van der Waals surface area (Å²) in [6, 6.07) is 3.21. The van der Waals surface area contributed by atoms with Crippen molar-refractivity contribution < 1.29 is 9.53 Å². The molecule has 1 amide bonds. The molecular weight excluding hydrogens is 158 g/mol. The van der Waals surface area contributed by atoms with Gasteiger partial charge in [0.2, 0.25) is 5.88 Å². The number of carbonyl (C=O) groups excluding carboxylic acids is 1. The van der Waals surface area contributed by atoms with Crippen LogP contribution in [-0.4, -0.2) is 35.3 Å². The molecule has 0 aliphatic carbocycles. The van der Waals surface area contributed by atoms with Gasteiger partial charge in [0.1, 0.15) is 0 Å². The summed E-state index contributed by atoms with van der Waals surface area (Å²) < 4.78 is 4.79. The van der Waals surface area contributed by atoms with E-state index >= 15 is 0 Å². The SMILES string of the molecule is CN(C)C(=O)Oc1cccnn1. The van der Waals surface area contributed by atoms with Gasteiger partial charge in [-0.2, -0.15) is 5.10 Å². The number of aromatic nitrogens is 2. The summed E-state index contributed by atoms with van der Waals surface area (Å²) in [5.74, 6) is 0.205. The normalized spacial score (nSPS) is 9.17. The number of amides is 1. The maximum Gasteiger partial charge on any atom is 0.416 e. The Balaban J connectivity index is 2.59. The van der Waals surface area contributed by atoms with Gasteiger partial charge < -0.3 is 9.64 Å². The predicted molar refractivity (Wildman–Crippen MR) is 41.7 cm³/mol. The molecule has 1 aromatic rings. The molecule has 0 aromatic carbocycles. The van der Waals surface area contributed by atoms with E-state index in [4.69, 9.17) is 4.74 Å². The highest BCUT2D eigenvalue weighted by molar-refractivity contribution is 5.69. The Morgan fingerprint density at radius 1 is 1.58 bits per heavy atom. The topological polar surface area (TPSA) is 55.3 Å². The third kappa shape index (κ3) is 2.19. The quantitative estimate of drug-likeness (QED) is 0.612. The number of ether oxygens (including phenoxy) is 1. The largest absolute Gasteiger partial charge is 0.416 e. The van der Waals surface area contributed by atoms with Crippen LogP contribution >= 0.6 is 0 Å². The Labute approximate surface area is 70.0 Å². The van der Waals surface area contributed by atoms with Gasteiger partial charge in [0.15, 0.2) is 0 Å². The lowest BCUT2D eigenvalue weighted by Gasteiger charge is -2.08. The second kappa shape index (κ2) is 3.66. The van der Waals surface area contributed by atoms with Crippen LogP contribution in [0.1, 0.15) is 0 Å². The van der Waals surface area contributed by atoms with Crippen molar-refractivity contribution in [1.82, 2.24) is 15.1 Å². The van der Waals surface area contributed by atoms with Crippen LogP contribution in [0.3, 0.4) is 0 Å². The summed E-state index contributed by atoms with van der Waals surface area (Å²) in [5.41, 5.74) is 0. The van der Waals surface area contributed by atoms with E-state index in [0.29, 0.717) is 0 Å². The smallest absolute Gasteiger partial charge is 0.389 e. The number of rotatable bonds is 1. The third-order valence-corrected chi connectivity index (χ3v) is 1.10. The Morgan fingerprint density at radius 3 is 2.83 bits per heavy atom. The third-order valence-electron chi connectivity index (χ3n) is 1.10. The number of hydrogen-bond acceptors (Lipinski definition) is 4. The van der Waals surface area contributed by atoms with E-state index in [9.17, 15) is 4.79 Å². The van der Waals surface area contributed by atoms with Crippen LogP contribution in [0.15, 0.2) is 18.3 Å². The highest BCUT2D eigenvalue weighted by atomic mass is 16.6. The van der Waals surface area contributed by atoms with Gasteiger partial charge in [0, 0.05) is 26.4 Å². The fraction of sp³-hybridized carbons (Fsp3) is 0.286. The summed E-state index contributed by atoms with van der Waals surface area (Å²) in [7, 11) is 3.19. The molecule has 1 rings (SSSR count). The van der Waals surface area contributed by atoms with Crippen molar-refractivity contribution in [2.75, 3.05) is 14.1 Å². The van der Waals surface area contributed by atoms with Gasteiger partial charge in [0.25, 0.3) is 0 Å². The Bertz CT molecular complexity index is 261. The first-order valence-electron chi connectivity index (χ1n) is 3.37. The monoisotopic (exact) mass is 167 g/mol. The molecule has 0 saturated carbocycles. The van der Waals surface area contributed by atoms with Gasteiger partial charge in [-0.25, -0.2) is 4.79 Å². The summed E-state index contributed by atoms with van der Waals surface area (Å²) >= 11 is 0. The molecule has 0 saturated heterocycles. The number of hydrogen-bond donors (Lipinski definition) is 0. The molecular formula is C7H9N3O2. The molecule has 12 heavy (non-hydrogen) atoms. The predicted octanol–water partition coefficient (Wildman–Crippen LogP) is 0.537. The summed E-state index contributed by atoms with van der Waals surface area (Å²) in [5, 5.41) is 7.13. The zero-order valence-corrected chi connectivity index (χ0v) is 6.89. The van der Waals surface area contributed by atoms with Crippen molar-refractivity contribution in [3.05, 3.63) is 18.3 Å². The van der Waals surface area contributed by atoms with Crippen molar-refractivity contribution in [2.45, 2.75) is 0 Å². The van der Waals surface area contributed by atoms with E-state index < -0.39 is 6.09 Å². The fourth-order valence-electron chi connectivity index (χ4n) is 0.523. The molecule has 1 aromatic heterocycles. The van der Waals surface area contributed by atoms with Crippen LogP contribution in [0.2, 0.25) is 0 Å². The van der Waals surface area contributed by atoms with Crippen LogP contribution in [0.25, 0.3) is 0 Å². The second-order valence-electron chi connectivity index (χ2n) is 2.32.